The highest BCUT2D eigenvalue weighted by molar-refractivity contribution is 7.89. The Balaban J connectivity index is 2.18. The largest absolute Gasteiger partial charge is 0.379 e. The highest BCUT2D eigenvalue weighted by atomic mass is 32.2. The highest BCUT2D eigenvalue weighted by Crippen LogP contribution is 2.29. The number of nitrogens with one attached hydrogen (secondary N) is 1. The third-order valence-corrected chi connectivity index (χ3v) is 5.93. The van der Waals surface area contributed by atoms with Crippen molar-refractivity contribution in [2.75, 3.05) is 32.1 Å². The van der Waals surface area contributed by atoms with E-state index in [-0.39, 0.29) is 17.8 Å². The lowest BCUT2D eigenvalue weighted by atomic mass is 10.1. The molecule has 0 aromatic carbocycles. The Morgan fingerprint density at radius 3 is 2.70 bits per heavy atom. The van der Waals surface area contributed by atoms with Crippen LogP contribution in [0, 0.1) is 0 Å². The molecule has 114 valence electrons. The molecule has 2 atom stereocenters. The molecule has 0 saturated carbocycles. The number of nitrogens with zero attached hydrogens (tertiary/aromatic N) is 1. The molecular formula is C13H22N2O3S2. The third-order valence-electron chi connectivity index (χ3n) is 3.49. The summed E-state index contributed by atoms with van der Waals surface area (Å²) in [6.07, 6.45) is 0. The first-order valence-corrected chi connectivity index (χ1v) is 9.42. The number of sulfonamides is 1. The van der Waals surface area contributed by atoms with Crippen LogP contribution in [0.15, 0.2) is 17.5 Å². The molecule has 0 amide bonds. The van der Waals surface area contributed by atoms with Crippen LogP contribution < -0.4 is 4.72 Å². The van der Waals surface area contributed by atoms with Crippen molar-refractivity contribution in [1.82, 2.24) is 9.62 Å². The SMILES string of the molecule is CCS(=O)(=O)NC(C)C(c1cccs1)N1CCOCC1. The molecule has 0 aliphatic carbocycles. The van der Waals surface area contributed by atoms with Gasteiger partial charge in [0.05, 0.1) is 25.0 Å². The van der Waals surface area contributed by atoms with Crippen molar-refractivity contribution in [3.05, 3.63) is 22.4 Å². The minimum atomic E-state index is -3.20. The van der Waals surface area contributed by atoms with E-state index in [1.165, 1.54) is 4.88 Å². The molecule has 0 spiro atoms. The second-order valence-electron chi connectivity index (χ2n) is 4.92. The molecule has 1 aliphatic heterocycles. The van der Waals surface area contributed by atoms with Gasteiger partial charge in [-0.2, -0.15) is 0 Å². The molecule has 7 heteroatoms. The van der Waals surface area contributed by atoms with Crippen molar-refractivity contribution in [2.24, 2.45) is 0 Å². The van der Waals surface area contributed by atoms with Crippen molar-refractivity contribution in [3.8, 4) is 0 Å². The Hall–Kier alpha value is -0.470. The zero-order chi connectivity index (χ0) is 14.6. The first-order chi connectivity index (χ1) is 9.53. The van der Waals surface area contributed by atoms with Crippen LogP contribution in [0.25, 0.3) is 0 Å². The zero-order valence-electron chi connectivity index (χ0n) is 11.9. The Labute approximate surface area is 125 Å². The molecule has 1 N–H and O–H groups in total. The van der Waals surface area contributed by atoms with E-state index in [0.29, 0.717) is 13.2 Å². The quantitative estimate of drug-likeness (QED) is 0.862. The second-order valence-corrected chi connectivity index (χ2v) is 7.94. The molecule has 1 saturated heterocycles. The zero-order valence-corrected chi connectivity index (χ0v) is 13.5. The topological polar surface area (TPSA) is 58.6 Å². The van der Waals surface area contributed by atoms with Crippen molar-refractivity contribution < 1.29 is 13.2 Å². The number of morpholine rings is 1. The monoisotopic (exact) mass is 318 g/mol. The van der Waals surface area contributed by atoms with Gasteiger partial charge in [0.2, 0.25) is 10.0 Å². The lowest BCUT2D eigenvalue weighted by Gasteiger charge is -2.37. The number of hydrogen-bond donors (Lipinski definition) is 1. The van der Waals surface area contributed by atoms with Gasteiger partial charge in [0, 0.05) is 24.0 Å². The lowest BCUT2D eigenvalue weighted by molar-refractivity contribution is 0.0113. The molecule has 5 nitrogen and oxygen atoms in total. The van der Waals surface area contributed by atoms with Crippen molar-refractivity contribution >= 4 is 21.4 Å². The van der Waals surface area contributed by atoms with E-state index in [0.717, 1.165) is 13.1 Å². The Kier molecular flexibility index (Phi) is 5.57. The summed E-state index contributed by atoms with van der Waals surface area (Å²) in [5.74, 6) is 0.109. The smallest absolute Gasteiger partial charge is 0.211 e. The fraction of sp³-hybridized carbons (Fsp3) is 0.692. The maximum absolute atomic E-state index is 11.8. The van der Waals surface area contributed by atoms with Crippen LogP contribution in [0.1, 0.15) is 24.8 Å². The van der Waals surface area contributed by atoms with Gasteiger partial charge in [0.15, 0.2) is 0 Å². The molecule has 1 fully saturated rings. The van der Waals surface area contributed by atoms with Crippen LogP contribution in [0.4, 0.5) is 0 Å². The van der Waals surface area contributed by atoms with Gasteiger partial charge in [0.1, 0.15) is 0 Å². The summed E-state index contributed by atoms with van der Waals surface area (Å²) in [7, 11) is -3.20. The number of rotatable bonds is 6. The van der Waals surface area contributed by atoms with E-state index in [1.54, 1.807) is 18.3 Å². The number of hydrogen-bond acceptors (Lipinski definition) is 5. The summed E-state index contributed by atoms with van der Waals surface area (Å²) in [5.41, 5.74) is 0. The van der Waals surface area contributed by atoms with Gasteiger partial charge in [-0.15, -0.1) is 11.3 Å². The average molecular weight is 318 g/mol. The van der Waals surface area contributed by atoms with Gasteiger partial charge < -0.3 is 4.74 Å². The molecule has 2 rings (SSSR count). The molecule has 0 bridgehead atoms. The maximum atomic E-state index is 11.8. The van der Waals surface area contributed by atoms with Crippen LogP contribution in [0.5, 0.6) is 0 Å². The summed E-state index contributed by atoms with van der Waals surface area (Å²) in [5, 5.41) is 2.03. The summed E-state index contributed by atoms with van der Waals surface area (Å²) >= 11 is 1.67. The lowest BCUT2D eigenvalue weighted by Crippen LogP contribution is -2.48. The van der Waals surface area contributed by atoms with Gasteiger partial charge in [-0.25, -0.2) is 13.1 Å². The van der Waals surface area contributed by atoms with Gasteiger partial charge in [-0.1, -0.05) is 6.07 Å². The Bertz CT molecular complexity index is 496. The van der Waals surface area contributed by atoms with E-state index in [4.69, 9.17) is 4.74 Å². The standard InChI is InChI=1S/C13H22N2O3S2/c1-3-20(16,17)14-11(2)13(12-5-4-10-19-12)15-6-8-18-9-7-15/h4-5,10-11,13-14H,3,6-9H2,1-2H3. The normalized spacial score (nSPS) is 20.7. The summed E-state index contributed by atoms with van der Waals surface area (Å²) in [6, 6.07) is 3.99. The van der Waals surface area contributed by atoms with Gasteiger partial charge in [-0.05, 0) is 25.3 Å². The van der Waals surface area contributed by atoms with Gasteiger partial charge in [-0.3, -0.25) is 4.90 Å². The molecule has 2 unspecified atom stereocenters. The van der Waals surface area contributed by atoms with Crippen LogP contribution >= 0.6 is 11.3 Å². The van der Waals surface area contributed by atoms with Crippen LogP contribution in [-0.2, 0) is 14.8 Å². The van der Waals surface area contributed by atoms with Crippen molar-refractivity contribution in [2.45, 2.75) is 25.9 Å². The fourth-order valence-corrected chi connectivity index (χ4v) is 4.31. The van der Waals surface area contributed by atoms with E-state index < -0.39 is 10.0 Å². The molecule has 1 aromatic rings. The first-order valence-electron chi connectivity index (χ1n) is 6.88. The summed E-state index contributed by atoms with van der Waals surface area (Å²) in [4.78, 5) is 3.50. The fourth-order valence-electron chi connectivity index (χ4n) is 2.49. The molecule has 1 aromatic heterocycles. The Morgan fingerprint density at radius 1 is 1.45 bits per heavy atom. The summed E-state index contributed by atoms with van der Waals surface area (Å²) < 4.78 is 31.8. The molecule has 20 heavy (non-hydrogen) atoms. The molecule has 1 aliphatic rings. The third kappa shape index (κ3) is 4.02. The summed E-state index contributed by atoms with van der Waals surface area (Å²) in [6.45, 7) is 6.67. The van der Waals surface area contributed by atoms with Crippen LogP contribution in [-0.4, -0.2) is 51.4 Å². The highest BCUT2D eigenvalue weighted by Gasteiger charge is 2.30. The van der Waals surface area contributed by atoms with E-state index >= 15 is 0 Å². The minimum Gasteiger partial charge on any atom is -0.379 e. The predicted molar refractivity (Wildman–Crippen MR) is 81.5 cm³/mol. The second kappa shape index (κ2) is 7.00. The van der Waals surface area contributed by atoms with Gasteiger partial charge >= 0.3 is 0 Å². The Morgan fingerprint density at radius 2 is 2.15 bits per heavy atom. The molecule has 2 heterocycles. The average Bonchev–Trinajstić information content (AvgIpc) is 2.93. The van der Waals surface area contributed by atoms with Crippen molar-refractivity contribution in [3.63, 3.8) is 0 Å². The van der Waals surface area contributed by atoms with E-state index in [1.807, 2.05) is 18.4 Å². The minimum absolute atomic E-state index is 0.0697. The van der Waals surface area contributed by atoms with Crippen molar-refractivity contribution in [1.29, 1.82) is 0 Å². The van der Waals surface area contributed by atoms with E-state index in [2.05, 4.69) is 15.7 Å². The number of thiophene rings is 1. The molecule has 0 radical (unpaired) electrons. The number of ether oxygens (including phenoxy) is 1. The first kappa shape index (κ1) is 15.9. The molecular weight excluding hydrogens is 296 g/mol. The predicted octanol–water partition coefficient (Wildman–Crippen LogP) is 1.45. The van der Waals surface area contributed by atoms with E-state index in [9.17, 15) is 8.42 Å². The van der Waals surface area contributed by atoms with Crippen LogP contribution in [0.3, 0.4) is 0 Å². The van der Waals surface area contributed by atoms with Gasteiger partial charge in [0.25, 0.3) is 0 Å². The van der Waals surface area contributed by atoms with Crippen LogP contribution in [0.2, 0.25) is 0 Å². The maximum Gasteiger partial charge on any atom is 0.211 e.